The van der Waals surface area contributed by atoms with Gasteiger partial charge in [0.15, 0.2) is 0 Å². The maximum Gasteiger partial charge on any atom is 0.392 e. The van der Waals surface area contributed by atoms with Crippen LogP contribution in [0.15, 0.2) is 0 Å². The van der Waals surface area contributed by atoms with Crippen molar-refractivity contribution in [2.75, 3.05) is 0 Å². The van der Waals surface area contributed by atoms with Gasteiger partial charge in [-0.05, 0) is 25.7 Å². The fraction of sp³-hybridized carbons (Fsp3) is 0.957. The Bertz CT molecular complexity index is 319. The minimum atomic E-state index is -2.11. The van der Waals surface area contributed by atoms with Crippen molar-refractivity contribution < 1.29 is 14.3 Å². The van der Waals surface area contributed by atoms with E-state index in [1.54, 1.807) is 0 Å². The molecule has 0 aromatic heterocycles. The second kappa shape index (κ2) is 17.8. The Hall–Kier alpha value is -0.600. The highest BCUT2D eigenvalue weighted by atomic mass is 19.1. The number of halogens is 1. The van der Waals surface area contributed by atoms with Gasteiger partial charge >= 0.3 is 5.97 Å². The predicted molar refractivity (Wildman–Crippen MR) is 109 cm³/mol. The smallest absolute Gasteiger partial charge is 0.244 e. The van der Waals surface area contributed by atoms with Crippen molar-refractivity contribution in [3.05, 3.63) is 0 Å². The van der Waals surface area contributed by atoms with E-state index in [4.69, 9.17) is 0 Å². The van der Waals surface area contributed by atoms with Crippen LogP contribution in [0.25, 0.3) is 0 Å². The molecule has 26 heavy (non-hydrogen) atoms. The maximum absolute atomic E-state index is 14.5. The average molecular weight is 372 g/mol. The Morgan fingerprint density at radius 1 is 0.577 bits per heavy atom. The monoisotopic (exact) mass is 371 g/mol. The first kappa shape index (κ1) is 25.4. The first-order chi connectivity index (χ1) is 12.6. The molecule has 0 aliphatic rings. The Kier molecular flexibility index (Phi) is 17.4. The molecule has 1 radical (unpaired) electrons. The molecule has 2 nitrogen and oxygen atoms in total. The van der Waals surface area contributed by atoms with Gasteiger partial charge in [-0.2, -0.15) is 0 Å². The molecule has 0 aromatic rings. The highest BCUT2D eigenvalue weighted by Gasteiger charge is 2.38. The number of rotatable bonds is 20. The van der Waals surface area contributed by atoms with Crippen LogP contribution in [0, 0.1) is 0 Å². The molecule has 0 aromatic carbocycles. The third-order valence-corrected chi connectivity index (χ3v) is 5.47. The molecule has 0 N–H and O–H groups in total. The summed E-state index contributed by atoms with van der Waals surface area (Å²) in [5.74, 6) is -1.51. The quantitative estimate of drug-likeness (QED) is 0.199. The summed E-state index contributed by atoms with van der Waals surface area (Å²) >= 11 is 0. The van der Waals surface area contributed by atoms with Crippen LogP contribution in [0.1, 0.15) is 136 Å². The minimum Gasteiger partial charge on any atom is -0.244 e. The average Bonchev–Trinajstić information content (AvgIpc) is 2.62. The van der Waals surface area contributed by atoms with Gasteiger partial charge in [-0.25, -0.2) is 14.3 Å². The van der Waals surface area contributed by atoms with Gasteiger partial charge in [-0.1, -0.05) is 110 Å². The SMILES string of the molecule is CCCCCCCCCCCCCCCC(F)(CCCCCC)C([O])=O. The van der Waals surface area contributed by atoms with Gasteiger partial charge in [-0.15, -0.1) is 0 Å². The lowest BCUT2D eigenvalue weighted by Crippen LogP contribution is -2.32. The molecule has 0 spiro atoms. The van der Waals surface area contributed by atoms with Crippen LogP contribution in [-0.2, 0) is 9.90 Å². The van der Waals surface area contributed by atoms with Gasteiger partial charge in [0.25, 0.3) is 0 Å². The maximum atomic E-state index is 14.5. The molecule has 0 fully saturated rings. The van der Waals surface area contributed by atoms with Gasteiger partial charge in [0, 0.05) is 0 Å². The summed E-state index contributed by atoms with van der Waals surface area (Å²) in [6.45, 7) is 4.34. The zero-order valence-electron chi connectivity index (χ0n) is 17.6. The molecule has 0 rings (SSSR count). The van der Waals surface area contributed by atoms with E-state index in [0.717, 1.165) is 32.1 Å². The number of carbonyl (C=O) groups excluding carboxylic acids is 1. The largest absolute Gasteiger partial charge is 0.392 e. The summed E-state index contributed by atoms with van der Waals surface area (Å²) < 4.78 is 14.5. The van der Waals surface area contributed by atoms with Gasteiger partial charge in [0.2, 0.25) is 5.67 Å². The molecule has 0 aliphatic carbocycles. The predicted octanol–water partition coefficient (Wildman–Crippen LogP) is 8.10. The van der Waals surface area contributed by atoms with Crippen molar-refractivity contribution in [2.45, 2.75) is 142 Å². The molecule has 1 unspecified atom stereocenters. The number of unbranched alkanes of at least 4 members (excludes halogenated alkanes) is 15. The molecule has 1 atom stereocenters. The van der Waals surface area contributed by atoms with E-state index in [2.05, 4.69) is 13.8 Å². The molecule has 0 amide bonds. The molecule has 0 bridgehead atoms. The third-order valence-electron chi connectivity index (χ3n) is 5.47. The second-order valence-corrected chi connectivity index (χ2v) is 8.06. The summed E-state index contributed by atoms with van der Waals surface area (Å²) in [5, 5.41) is 11.1. The van der Waals surface area contributed by atoms with Crippen molar-refractivity contribution in [1.29, 1.82) is 0 Å². The number of hydrogen-bond donors (Lipinski definition) is 0. The van der Waals surface area contributed by atoms with Crippen molar-refractivity contribution >= 4 is 5.97 Å². The number of hydrogen-bond acceptors (Lipinski definition) is 1. The van der Waals surface area contributed by atoms with Gasteiger partial charge in [0.05, 0.1) is 0 Å². The van der Waals surface area contributed by atoms with Crippen LogP contribution in [-0.4, -0.2) is 11.6 Å². The third kappa shape index (κ3) is 14.6. The van der Waals surface area contributed by atoms with Crippen LogP contribution >= 0.6 is 0 Å². The summed E-state index contributed by atoms with van der Waals surface area (Å²) in [4.78, 5) is 11.1. The molecule has 0 saturated carbocycles. The molecule has 0 aliphatic heterocycles. The highest BCUT2D eigenvalue weighted by Crippen LogP contribution is 2.28. The Balaban J connectivity index is 3.54. The molecule has 0 saturated heterocycles. The summed E-state index contributed by atoms with van der Waals surface area (Å²) in [5.41, 5.74) is -2.11. The minimum absolute atomic E-state index is 0.119. The standard InChI is InChI=1S/C23H44FO2/c1-3-5-7-9-10-11-12-13-14-15-16-17-19-21-23(24,22(25)26)20-18-8-6-4-2/h3-21H2,1-2H3. The van der Waals surface area contributed by atoms with Crippen molar-refractivity contribution in [1.82, 2.24) is 0 Å². The van der Waals surface area contributed by atoms with Gasteiger partial charge < -0.3 is 0 Å². The van der Waals surface area contributed by atoms with E-state index in [1.165, 1.54) is 64.2 Å². The highest BCUT2D eigenvalue weighted by molar-refractivity contribution is 5.76. The Morgan fingerprint density at radius 2 is 0.846 bits per heavy atom. The molecular weight excluding hydrogens is 327 g/mol. The van der Waals surface area contributed by atoms with E-state index < -0.39 is 11.6 Å². The van der Waals surface area contributed by atoms with Gasteiger partial charge in [-0.3, -0.25) is 0 Å². The van der Waals surface area contributed by atoms with Crippen molar-refractivity contribution in [3.8, 4) is 0 Å². The normalized spacial score (nSPS) is 13.7. The lowest BCUT2D eigenvalue weighted by molar-refractivity contribution is -0.158. The van der Waals surface area contributed by atoms with E-state index in [1.807, 2.05) is 0 Å². The zero-order chi connectivity index (χ0) is 19.5. The van der Waals surface area contributed by atoms with Crippen LogP contribution in [0.2, 0.25) is 0 Å². The zero-order valence-corrected chi connectivity index (χ0v) is 17.6. The number of alkyl halides is 1. The summed E-state index contributed by atoms with van der Waals surface area (Å²) in [7, 11) is 0. The van der Waals surface area contributed by atoms with Crippen molar-refractivity contribution in [3.63, 3.8) is 0 Å². The summed E-state index contributed by atoms with van der Waals surface area (Å²) in [6, 6.07) is 0. The van der Waals surface area contributed by atoms with E-state index in [0.29, 0.717) is 12.8 Å². The lowest BCUT2D eigenvalue weighted by atomic mass is 9.91. The van der Waals surface area contributed by atoms with Crippen LogP contribution in [0.3, 0.4) is 0 Å². The molecular formula is C23H44FO2. The van der Waals surface area contributed by atoms with Crippen LogP contribution in [0.4, 0.5) is 4.39 Å². The first-order valence-electron chi connectivity index (χ1n) is 11.5. The van der Waals surface area contributed by atoms with E-state index in [-0.39, 0.29) is 12.8 Å². The number of carbonyl (C=O) groups is 1. The fourth-order valence-electron chi connectivity index (χ4n) is 3.58. The molecule has 155 valence electrons. The van der Waals surface area contributed by atoms with E-state index >= 15 is 0 Å². The molecule has 0 heterocycles. The lowest BCUT2D eigenvalue weighted by Gasteiger charge is -2.19. The van der Waals surface area contributed by atoms with Crippen LogP contribution in [0.5, 0.6) is 0 Å². The van der Waals surface area contributed by atoms with Crippen LogP contribution < -0.4 is 0 Å². The van der Waals surface area contributed by atoms with E-state index in [9.17, 15) is 14.3 Å². The van der Waals surface area contributed by atoms with Gasteiger partial charge in [0.1, 0.15) is 0 Å². The molecule has 3 heteroatoms. The van der Waals surface area contributed by atoms with Crippen molar-refractivity contribution in [2.24, 2.45) is 0 Å². The summed E-state index contributed by atoms with van der Waals surface area (Å²) in [6.07, 6.45) is 19.9. The first-order valence-corrected chi connectivity index (χ1v) is 11.5. The fourth-order valence-corrected chi connectivity index (χ4v) is 3.58. The second-order valence-electron chi connectivity index (χ2n) is 8.06. The Labute approximate surface area is 162 Å². The Morgan fingerprint density at radius 3 is 1.15 bits per heavy atom. The topological polar surface area (TPSA) is 37.0 Å².